The van der Waals surface area contributed by atoms with Gasteiger partial charge in [0.2, 0.25) is 0 Å². The highest BCUT2D eigenvalue weighted by molar-refractivity contribution is 7.13. The van der Waals surface area contributed by atoms with Gasteiger partial charge in [0.25, 0.3) is 0 Å². The van der Waals surface area contributed by atoms with Crippen LogP contribution in [0.25, 0.3) is 16.8 Å². The number of benzene rings is 2. The van der Waals surface area contributed by atoms with Crippen LogP contribution >= 0.6 is 11.3 Å². The van der Waals surface area contributed by atoms with Crippen LogP contribution < -0.4 is 4.90 Å². The Labute approximate surface area is 163 Å². The number of hydrogen-bond acceptors (Lipinski definition) is 4. The minimum Gasteiger partial charge on any atom is -0.510 e. The second-order valence-electron chi connectivity index (χ2n) is 6.88. The van der Waals surface area contributed by atoms with Gasteiger partial charge in [-0.1, -0.05) is 47.5 Å². The molecular weight excluding hydrogens is 354 g/mol. The molecule has 0 saturated heterocycles. The highest BCUT2D eigenvalue weighted by Crippen LogP contribution is 2.36. The maximum Gasteiger partial charge on any atom is 0.139 e. The van der Waals surface area contributed by atoms with Gasteiger partial charge in [0.1, 0.15) is 16.6 Å². The molecule has 2 heterocycles. The van der Waals surface area contributed by atoms with Crippen LogP contribution in [0.3, 0.4) is 0 Å². The molecule has 4 rings (SSSR count). The number of hydrogen-bond donors (Lipinski definition) is 2. The van der Waals surface area contributed by atoms with E-state index in [1.165, 1.54) is 22.5 Å². The van der Waals surface area contributed by atoms with Crippen molar-refractivity contribution in [2.24, 2.45) is 0 Å². The molecule has 3 aromatic rings. The van der Waals surface area contributed by atoms with Gasteiger partial charge in [-0.15, -0.1) is 11.3 Å². The fourth-order valence-electron chi connectivity index (χ4n) is 3.23. The second kappa shape index (κ2) is 6.67. The molecule has 0 spiro atoms. The molecule has 2 aromatic carbocycles. The van der Waals surface area contributed by atoms with E-state index in [-0.39, 0.29) is 5.76 Å². The fourth-order valence-corrected chi connectivity index (χ4v) is 4.24. The van der Waals surface area contributed by atoms with Crippen LogP contribution in [0, 0.1) is 26.2 Å². The Bertz CT molecular complexity index is 1050. The van der Waals surface area contributed by atoms with Crippen molar-refractivity contribution in [3.05, 3.63) is 75.3 Å². The number of aryl methyl sites for hydroxylation is 3. The molecule has 1 aromatic heterocycles. The minimum atomic E-state index is 0.199. The van der Waals surface area contributed by atoms with E-state index >= 15 is 0 Å². The van der Waals surface area contributed by atoms with Gasteiger partial charge >= 0.3 is 0 Å². The zero-order valence-corrected chi connectivity index (χ0v) is 16.4. The SMILES string of the molecule is Cc1ccc(-c2nc(C3=C(O)CN(c4ccc(C)cc4)C3=N)sc2C)cc1. The molecule has 2 N–H and O–H groups in total. The summed E-state index contributed by atoms with van der Waals surface area (Å²) in [6.45, 7) is 6.43. The topological polar surface area (TPSA) is 60.2 Å². The van der Waals surface area contributed by atoms with E-state index in [9.17, 15) is 5.11 Å². The first-order chi connectivity index (χ1) is 12.9. The number of aliphatic hydroxyl groups excluding tert-OH is 1. The molecule has 5 heteroatoms. The molecule has 0 saturated carbocycles. The smallest absolute Gasteiger partial charge is 0.139 e. The third-order valence-electron chi connectivity index (χ3n) is 4.78. The fraction of sp³-hybridized carbons (Fsp3) is 0.182. The van der Waals surface area contributed by atoms with E-state index in [0.717, 1.165) is 21.8 Å². The standard InChI is InChI=1S/C22H21N3OS/c1-13-4-8-16(9-5-13)20-15(3)27-22(24-20)19-18(26)12-25(21(19)23)17-10-6-14(2)7-11-17/h4-11,23,26H,12H2,1-3H3. The maximum atomic E-state index is 10.6. The second-order valence-corrected chi connectivity index (χ2v) is 8.09. The van der Waals surface area contributed by atoms with Crippen LogP contribution in [-0.2, 0) is 0 Å². The van der Waals surface area contributed by atoms with E-state index in [4.69, 9.17) is 10.4 Å². The summed E-state index contributed by atoms with van der Waals surface area (Å²) in [5.74, 6) is 0.491. The zero-order chi connectivity index (χ0) is 19.1. The van der Waals surface area contributed by atoms with Gasteiger partial charge in [-0.2, -0.15) is 0 Å². The van der Waals surface area contributed by atoms with Crippen LogP contribution in [0.2, 0.25) is 0 Å². The Morgan fingerprint density at radius 1 is 0.963 bits per heavy atom. The van der Waals surface area contributed by atoms with Crippen molar-refractivity contribution < 1.29 is 5.11 Å². The summed E-state index contributed by atoms with van der Waals surface area (Å²) < 4.78 is 0. The predicted octanol–water partition coefficient (Wildman–Crippen LogP) is 5.50. The quantitative estimate of drug-likeness (QED) is 0.635. The Morgan fingerprint density at radius 3 is 2.19 bits per heavy atom. The number of amidine groups is 1. The molecule has 1 aliphatic heterocycles. The van der Waals surface area contributed by atoms with Gasteiger partial charge in [0.05, 0.1) is 17.8 Å². The lowest BCUT2D eigenvalue weighted by Gasteiger charge is -2.18. The van der Waals surface area contributed by atoms with Crippen molar-refractivity contribution in [3.63, 3.8) is 0 Å². The van der Waals surface area contributed by atoms with Crippen LogP contribution in [0.15, 0.2) is 54.3 Å². The first-order valence-electron chi connectivity index (χ1n) is 8.84. The van der Waals surface area contributed by atoms with E-state index in [2.05, 4.69) is 31.2 Å². The molecule has 4 nitrogen and oxygen atoms in total. The molecule has 136 valence electrons. The average Bonchev–Trinajstić information content (AvgIpc) is 3.16. The molecule has 27 heavy (non-hydrogen) atoms. The predicted molar refractivity (Wildman–Crippen MR) is 113 cm³/mol. The summed E-state index contributed by atoms with van der Waals surface area (Å²) >= 11 is 1.52. The number of aliphatic hydroxyl groups is 1. The lowest BCUT2D eigenvalue weighted by atomic mass is 10.1. The normalized spacial score (nSPS) is 14.3. The summed E-state index contributed by atoms with van der Waals surface area (Å²) in [4.78, 5) is 7.66. The minimum absolute atomic E-state index is 0.199. The Kier molecular flexibility index (Phi) is 4.32. The largest absolute Gasteiger partial charge is 0.510 e. The van der Waals surface area contributed by atoms with Crippen LogP contribution in [0.1, 0.15) is 21.0 Å². The van der Waals surface area contributed by atoms with Crippen LogP contribution in [0.5, 0.6) is 0 Å². The molecule has 0 aliphatic carbocycles. The van der Waals surface area contributed by atoms with E-state index in [1.54, 1.807) is 0 Å². The number of anilines is 1. The maximum absolute atomic E-state index is 10.6. The first kappa shape index (κ1) is 17.5. The van der Waals surface area contributed by atoms with Crippen molar-refractivity contribution in [2.45, 2.75) is 20.8 Å². The lowest BCUT2D eigenvalue weighted by molar-refractivity contribution is 0.411. The van der Waals surface area contributed by atoms with E-state index in [1.807, 2.05) is 43.0 Å². The van der Waals surface area contributed by atoms with Gasteiger partial charge in [0.15, 0.2) is 0 Å². The molecule has 0 radical (unpaired) electrons. The number of nitrogens with one attached hydrogen (secondary N) is 1. The lowest BCUT2D eigenvalue weighted by Crippen LogP contribution is -2.25. The third-order valence-corrected chi connectivity index (χ3v) is 5.77. The van der Waals surface area contributed by atoms with E-state index in [0.29, 0.717) is 23.0 Å². The summed E-state index contributed by atoms with van der Waals surface area (Å²) in [5.41, 5.74) is 5.78. The van der Waals surface area contributed by atoms with Crippen molar-refractivity contribution in [1.82, 2.24) is 4.98 Å². The highest BCUT2D eigenvalue weighted by Gasteiger charge is 2.31. The molecule has 0 atom stereocenters. The number of rotatable bonds is 3. The zero-order valence-electron chi connectivity index (χ0n) is 15.6. The molecule has 0 amide bonds. The molecule has 0 fully saturated rings. The van der Waals surface area contributed by atoms with Gasteiger partial charge in [0, 0.05) is 16.1 Å². The molecule has 1 aliphatic rings. The van der Waals surface area contributed by atoms with Crippen molar-refractivity contribution in [2.75, 3.05) is 11.4 Å². The van der Waals surface area contributed by atoms with Crippen LogP contribution in [-0.4, -0.2) is 22.5 Å². The summed E-state index contributed by atoms with van der Waals surface area (Å²) in [6, 6.07) is 16.3. The summed E-state index contributed by atoms with van der Waals surface area (Å²) in [5, 5.41) is 19.9. The third kappa shape index (κ3) is 3.15. The average molecular weight is 375 g/mol. The number of thiazole rings is 1. The highest BCUT2D eigenvalue weighted by atomic mass is 32.1. The molecule has 0 unspecified atom stereocenters. The summed E-state index contributed by atoms with van der Waals surface area (Å²) in [7, 11) is 0. The monoisotopic (exact) mass is 375 g/mol. The number of nitrogens with zero attached hydrogens (tertiary/aromatic N) is 2. The van der Waals surface area contributed by atoms with Gasteiger partial charge in [-0.25, -0.2) is 4.98 Å². The van der Waals surface area contributed by atoms with Gasteiger partial charge in [-0.3, -0.25) is 5.41 Å². The van der Waals surface area contributed by atoms with Gasteiger partial charge < -0.3 is 10.0 Å². The van der Waals surface area contributed by atoms with Crippen molar-refractivity contribution >= 4 is 28.4 Å². The van der Waals surface area contributed by atoms with Crippen molar-refractivity contribution in [1.29, 1.82) is 5.41 Å². The van der Waals surface area contributed by atoms with Crippen molar-refractivity contribution in [3.8, 4) is 11.3 Å². The summed E-state index contributed by atoms with van der Waals surface area (Å²) in [6.07, 6.45) is 0. The first-order valence-corrected chi connectivity index (χ1v) is 9.66. The number of aromatic nitrogens is 1. The molecular formula is C22H21N3OS. The Morgan fingerprint density at radius 2 is 1.56 bits per heavy atom. The Balaban J connectivity index is 1.68. The van der Waals surface area contributed by atoms with E-state index < -0.39 is 0 Å². The molecule has 0 bridgehead atoms. The Hall–Kier alpha value is -2.92. The van der Waals surface area contributed by atoms with Gasteiger partial charge in [-0.05, 0) is 32.9 Å². The van der Waals surface area contributed by atoms with Crippen LogP contribution in [0.4, 0.5) is 5.69 Å².